The summed E-state index contributed by atoms with van der Waals surface area (Å²) in [6.45, 7) is 6.21. The number of rotatable bonds is 8. The Hall–Kier alpha value is -3.42. The van der Waals surface area contributed by atoms with Gasteiger partial charge in [0.05, 0.1) is 17.9 Å². The van der Waals surface area contributed by atoms with Crippen LogP contribution in [0.25, 0.3) is 0 Å². The molecule has 1 heterocycles. The Kier molecular flexibility index (Phi) is 7.30. The van der Waals surface area contributed by atoms with Crippen LogP contribution >= 0.6 is 0 Å². The van der Waals surface area contributed by atoms with Crippen molar-refractivity contribution in [1.29, 1.82) is 0 Å². The SMILES string of the molecule is CCOC(=O)c1c(C)[nH]c(C(=O)COC(=O)CNC(=O)c2ccc(C)cc2)c1C. The Morgan fingerprint density at radius 2 is 1.66 bits per heavy atom. The highest BCUT2D eigenvalue weighted by Gasteiger charge is 2.23. The molecule has 0 fully saturated rings. The standard InChI is InChI=1S/C21H24N2O6/c1-5-28-21(27)18-13(3)19(23-14(18)4)16(24)11-29-17(25)10-22-20(26)15-8-6-12(2)7-9-15/h6-9,23H,5,10-11H2,1-4H3,(H,22,26). The van der Waals surface area contributed by atoms with Crippen LogP contribution in [0.4, 0.5) is 0 Å². The van der Waals surface area contributed by atoms with Crippen molar-refractivity contribution in [2.75, 3.05) is 19.8 Å². The van der Waals surface area contributed by atoms with E-state index < -0.39 is 30.2 Å². The minimum Gasteiger partial charge on any atom is -0.462 e. The molecule has 2 rings (SSSR count). The third-order valence-electron chi connectivity index (χ3n) is 4.27. The number of hydrogen-bond donors (Lipinski definition) is 2. The first-order valence-electron chi connectivity index (χ1n) is 9.14. The molecule has 1 aromatic heterocycles. The van der Waals surface area contributed by atoms with E-state index in [1.54, 1.807) is 45.0 Å². The summed E-state index contributed by atoms with van der Waals surface area (Å²) < 4.78 is 9.92. The van der Waals surface area contributed by atoms with Crippen LogP contribution in [0.5, 0.6) is 0 Å². The van der Waals surface area contributed by atoms with Crippen LogP contribution in [0.15, 0.2) is 24.3 Å². The van der Waals surface area contributed by atoms with Crippen molar-refractivity contribution in [3.05, 3.63) is 57.9 Å². The normalized spacial score (nSPS) is 10.3. The average Bonchev–Trinajstić information content (AvgIpc) is 2.99. The van der Waals surface area contributed by atoms with Gasteiger partial charge in [0.15, 0.2) is 6.61 Å². The maximum atomic E-state index is 12.4. The van der Waals surface area contributed by atoms with Crippen molar-refractivity contribution in [1.82, 2.24) is 10.3 Å². The van der Waals surface area contributed by atoms with E-state index in [-0.39, 0.29) is 18.8 Å². The molecule has 29 heavy (non-hydrogen) atoms. The fourth-order valence-corrected chi connectivity index (χ4v) is 2.77. The van der Waals surface area contributed by atoms with E-state index in [1.807, 2.05) is 6.92 Å². The molecule has 1 aromatic carbocycles. The predicted molar refractivity (Wildman–Crippen MR) is 105 cm³/mol. The van der Waals surface area contributed by atoms with E-state index in [9.17, 15) is 19.2 Å². The number of amides is 1. The third kappa shape index (κ3) is 5.54. The lowest BCUT2D eigenvalue weighted by atomic mass is 10.1. The van der Waals surface area contributed by atoms with Gasteiger partial charge in [-0.25, -0.2) is 4.79 Å². The summed E-state index contributed by atoms with van der Waals surface area (Å²) in [5.74, 6) is -2.17. The minimum absolute atomic E-state index is 0.182. The summed E-state index contributed by atoms with van der Waals surface area (Å²) in [6, 6.07) is 6.88. The molecule has 0 aliphatic heterocycles. The highest BCUT2D eigenvalue weighted by atomic mass is 16.5. The Morgan fingerprint density at radius 1 is 1.00 bits per heavy atom. The summed E-state index contributed by atoms with van der Waals surface area (Å²) in [6.07, 6.45) is 0. The van der Waals surface area contributed by atoms with Gasteiger partial charge in [-0.05, 0) is 45.4 Å². The number of esters is 2. The highest BCUT2D eigenvalue weighted by molar-refractivity contribution is 6.02. The maximum Gasteiger partial charge on any atom is 0.340 e. The largest absolute Gasteiger partial charge is 0.462 e. The molecular weight excluding hydrogens is 376 g/mol. The molecule has 0 atom stereocenters. The summed E-state index contributed by atoms with van der Waals surface area (Å²) in [4.78, 5) is 51.0. The Bertz CT molecular complexity index is 927. The number of ketones is 1. The number of hydrogen-bond acceptors (Lipinski definition) is 6. The van der Waals surface area contributed by atoms with Crippen molar-refractivity contribution in [3.8, 4) is 0 Å². The van der Waals surface area contributed by atoms with Crippen molar-refractivity contribution in [2.24, 2.45) is 0 Å². The third-order valence-corrected chi connectivity index (χ3v) is 4.27. The van der Waals surface area contributed by atoms with Crippen LogP contribution in [0.2, 0.25) is 0 Å². The molecule has 0 saturated heterocycles. The van der Waals surface area contributed by atoms with Crippen LogP contribution in [0.1, 0.15) is 54.9 Å². The lowest BCUT2D eigenvalue weighted by molar-refractivity contribution is -0.141. The molecule has 0 unspecified atom stereocenters. The van der Waals surface area contributed by atoms with E-state index in [2.05, 4.69) is 10.3 Å². The molecule has 0 aliphatic rings. The van der Waals surface area contributed by atoms with Gasteiger partial charge in [0.2, 0.25) is 5.78 Å². The van der Waals surface area contributed by atoms with Crippen molar-refractivity contribution in [3.63, 3.8) is 0 Å². The summed E-state index contributed by atoms with van der Waals surface area (Å²) in [5.41, 5.74) is 2.86. The lowest BCUT2D eigenvalue weighted by Crippen LogP contribution is -2.31. The van der Waals surface area contributed by atoms with Gasteiger partial charge < -0.3 is 19.8 Å². The van der Waals surface area contributed by atoms with Crippen LogP contribution in [-0.2, 0) is 14.3 Å². The molecular formula is C21H24N2O6. The molecule has 2 N–H and O–H groups in total. The zero-order chi connectivity index (χ0) is 21.6. The Morgan fingerprint density at radius 3 is 2.28 bits per heavy atom. The Balaban J connectivity index is 1.89. The van der Waals surface area contributed by atoms with E-state index in [1.165, 1.54) is 0 Å². The lowest BCUT2D eigenvalue weighted by Gasteiger charge is -2.07. The highest BCUT2D eigenvalue weighted by Crippen LogP contribution is 2.19. The maximum absolute atomic E-state index is 12.4. The van der Waals surface area contributed by atoms with E-state index in [4.69, 9.17) is 9.47 Å². The first-order valence-corrected chi connectivity index (χ1v) is 9.14. The monoisotopic (exact) mass is 400 g/mol. The number of H-pyrrole nitrogens is 1. The molecule has 2 aromatic rings. The molecule has 0 saturated carbocycles. The van der Waals surface area contributed by atoms with Crippen LogP contribution in [0.3, 0.4) is 0 Å². The van der Waals surface area contributed by atoms with Crippen LogP contribution in [0, 0.1) is 20.8 Å². The van der Waals surface area contributed by atoms with Crippen molar-refractivity contribution in [2.45, 2.75) is 27.7 Å². The zero-order valence-electron chi connectivity index (χ0n) is 16.9. The number of Topliss-reactive ketones (excluding diaryl/α,β-unsaturated/α-hetero) is 1. The molecule has 0 spiro atoms. The van der Waals surface area contributed by atoms with E-state index in [0.29, 0.717) is 22.4 Å². The first kappa shape index (κ1) is 21.9. The average molecular weight is 400 g/mol. The zero-order valence-corrected chi connectivity index (χ0v) is 16.9. The van der Waals surface area contributed by atoms with Crippen molar-refractivity contribution >= 4 is 23.6 Å². The molecule has 154 valence electrons. The number of benzene rings is 1. The summed E-state index contributed by atoms with van der Waals surface area (Å²) in [5, 5.41) is 2.44. The van der Waals surface area contributed by atoms with Gasteiger partial charge in [-0.15, -0.1) is 0 Å². The van der Waals surface area contributed by atoms with E-state index >= 15 is 0 Å². The molecule has 0 aliphatic carbocycles. The first-order chi connectivity index (χ1) is 13.7. The number of carbonyl (C=O) groups is 4. The number of ether oxygens (including phenoxy) is 2. The smallest absolute Gasteiger partial charge is 0.340 e. The van der Waals surface area contributed by atoms with Gasteiger partial charge in [-0.3, -0.25) is 14.4 Å². The second kappa shape index (κ2) is 9.68. The number of nitrogens with one attached hydrogen (secondary N) is 2. The van der Waals surface area contributed by atoms with Gasteiger partial charge in [-0.1, -0.05) is 17.7 Å². The molecule has 8 heteroatoms. The second-order valence-corrected chi connectivity index (χ2v) is 6.48. The van der Waals surface area contributed by atoms with Crippen LogP contribution in [-0.4, -0.2) is 48.4 Å². The van der Waals surface area contributed by atoms with Gasteiger partial charge >= 0.3 is 11.9 Å². The van der Waals surface area contributed by atoms with E-state index in [0.717, 1.165) is 5.56 Å². The topological polar surface area (TPSA) is 115 Å². The fraction of sp³-hybridized carbons (Fsp3) is 0.333. The predicted octanol–water partition coefficient (Wildman–Crippen LogP) is 2.27. The van der Waals surface area contributed by atoms with Crippen molar-refractivity contribution < 1.29 is 28.7 Å². The Labute approximate surface area is 168 Å². The molecule has 0 radical (unpaired) electrons. The summed E-state index contributed by atoms with van der Waals surface area (Å²) >= 11 is 0. The van der Waals surface area contributed by atoms with Gasteiger partial charge in [0.25, 0.3) is 5.91 Å². The number of carbonyl (C=O) groups excluding carboxylic acids is 4. The number of aromatic nitrogens is 1. The molecule has 0 bridgehead atoms. The number of aromatic amines is 1. The summed E-state index contributed by atoms with van der Waals surface area (Å²) in [7, 11) is 0. The molecule has 1 amide bonds. The van der Waals surface area contributed by atoms with Gasteiger partial charge in [-0.2, -0.15) is 0 Å². The number of aryl methyl sites for hydroxylation is 2. The van der Waals surface area contributed by atoms with Gasteiger partial charge in [0, 0.05) is 11.3 Å². The second-order valence-electron chi connectivity index (χ2n) is 6.48. The van der Waals surface area contributed by atoms with Gasteiger partial charge in [0.1, 0.15) is 6.54 Å². The quantitative estimate of drug-likeness (QED) is 0.519. The fourth-order valence-electron chi connectivity index (χ4n) is 2.77. The van der Waals surface area contributed by atoms with Crippen LogP contribution < -0.4 is 5.32 Å². The molecule has 8 nitrogen and oxygen atoms in total. The minimum atomic E-state index is -0.745.